The summed E-state index contributed by atoms with van der Waals surface area (Å²) in [7, 11) is 1.94. The molecule has 0 aliphatic heterocycles. The van der Waals surface area contributed by atoms with Crippen molar-refractivity contribution in [2.24, 2.45) is 7.05 Å². The Morgan fingerprint density at radius 1 is 1.33 bits per heavy atom. The SMILES string of the molecule is CCNCC(Cc1c(Cl)c(C)nn1C)c1cccc(Cl)c1. The third-order valence-corrected chi connectivity index (χ3v) is 4.39. The van der Waals surface area contributed by atoms with Gasteiger partial charge in [-0.3, -0.25) is 4.68 Å². The van der Waals surface area contributed by atoms with Crippen LogP contribution in [-0.2, 0) is 13.5 Å². The van der Waals surface area contributed by atoms with E-state index in [2.05, 4.69) is 23.4 Å². The monoisotopic (exact) mass is 325 g/mol. The normalized spacial score (nSPS) is 12.6. The Labute approximate surface area is 136 Å². The van der Waals surface area contributed by atoms with Crippen molar-refractivity contribution in [3.8, 4) is 0 Å². The van der Waals surface area contributed by atoms with Gasteiger partial charge in [-0.25, -0.2) is 0 Å². The number of likely N-dealkylation sites (N-methyl/N-ethyl adjacent to an activating group) is 1. The van der Waals surface area contributed by atoms with Crippen molar-refractivity contribution >= 4 is 23.2 Å². The predicted octanol–water partition coefficient (Wildman–Crippen LogP) is 3.97. The smallest absolute Gasteiger partial charge is 0.0847 e. The molecule has 0 bridgehead atoms. The summed E-state index contributed by atoms with van der Waals surface area (Å²) in [6.07, 6.45) is 0.837. The van der Waals surface area contributed by atoms with Gasteiger partial charge in [0.15, 0.2) is 0 Å². The van der Waals surface area contributed by atoms with Gasteiger partial charge in [-0.05, 0) is 37.6 Å². The molecule has 0 spiro atoms. The number of rotatable bonds is 6. The van der Waals surface area contributed by atoms with Crippen LogP contribution in [0.3, 0.4) is 0 Å². The van der Waals surface area contributed by atoms with E-state index in [0.717, 1.165) is 40.9 Å². The zero-order valence-corrected chi connectivity index (χ0v) is 14.2. The van der Waals surface area contributed by atoms with Gasteiger partial charge in [-0.15, -0.1) is 0 Å². The van der Waals surface area contributed by atoms with Crippen molar-refractivity contribution in [3.05, 3.63) is 51.3 Å². The first kappa shape index (κ1) is 16.3. The molecule has 2 rings (SSSR count). The van der Waals surface area contributed by atoms with E-state index in [1.165, 1.54) is 5.56 Å². The Hall–Kier alpha value is -1.03. The summed E-state index contributed by atoms with van der Waals surface area (Å²) in [6.45, 7) is 5.87. The highest BCUT2D eigenvalue weighted by atomic mass is 35.5. The van der Waals surface area contributed by atoms with Crippen LogP contribution >= 0.6 is 23.2 Å². The Bertz CT molecular complexity index is 608. The van der Waals surface area contributed by atoms with Crippen molar-refractivity contribution < 1.29 is 0 Å². The molecule has 0 radical (unpaired) electrons. The number of aromatic nitrogens is 2. The minimum atomic E-state index is 0.316. The minimum absolute atomic E-state index is 0.316. The molecule has 1 aromatic carbocycles. The lowest BCUT2D eigenvalue weighted by Crippen LogP contribution is -2.23. The van der Waals surface area contributed by atoms with Crippen molar-refractivity contribution in [1.82, 2.24) is 15.1 Å². The molecule has 1 unspecified atom stereocenters. The number of nitrogens with zero attached hydrogens (tertiary/aromatic N) is 2. The van der Waals surface area contributed by atoms with Crippen molar-refractivity contribution in [2.45, 2.75) is 26.2 Å². The second-order valence-corrected chi connectivity index (χ2v) is 6.05. The fourth-order valence-corrected chi connectivity index (χ4v) is 2.96. The third-order valence-electron chi connectivity index (χ3n) is 3.66. The predicted molar refractivity (Wildman–Crippen MR) is 89.4 cm³/mol. The first-order chi connectivity index (χ1) is 10.0. The van der Waals surface area contributed by atoms with E-state index in [4.69, 9.17) is 23.2 Å². The molecule has 21 heavy (non-hydrogen) atoms. The van der Waals surface area contributed by atoms with Gasteiger partial charge >= 0.3 is 0 Å². The molecule has 0 fully saturated rings. The Kier molecular flexibility index (Phi) is 5.68. The summed E-state index contributed by atoms with van der Waals surface area (Å²) in [4.78, 5) is 0. The largest absolute Gasteiger partial charge is 0.316 e. The lowest BCUT2D eigenvalue weighted by atomic mass is 9.94. The molecular weight excluding hydrogens is 305 g/mol. The molecule has 114 valence electrons. The standard InChI is InChI=1S/C16H21Cl2N3/c1-4-19-10-13(12-6-5-7-14(17)8-12)9-15-16(18)11(2)20-21(15)3/h5-8,13,19H,4,9-10H2,1-3H3. The fourth-order valence-electron chi connectivity index (χ4n) is 2.52. The van der Waals surface area contributed by atoms with E-state index in [1.54, 1.807) is 0 Å². The van der Waals surface area contributed by atoms with Crippen LogP contribution in [0.5, 0.6) is 0 Å². The number of nitrogens with one attached hydrogen (secondary N) is 1. The zero-order chi connectivity index (χ0) is 15.4. The van der Waals surface area contributed by atoms with Crippen LogP contribution in [0, 0.1) is 6.92 Å². The summed E-state index contributed by atoms with van der Waals surface area (Å²) in [6, 6.07) is 8.04. The van der Waals surface area contributed by atoms with E-state index in [1.807, 2.05) is 36.9 Å². The van der Waals surface area contributed by atoms with Crippen LogP contribution in [0.15, 0.2) is 24.3 Å². The first-order valence-electron chi connectivity index (χ1n) is 7.17. The van der Waals surface area contributed by atoms with Crippen molar-refractivity contribution in [2.75, 3.05) is 13.1 Å². The van der Waals surface area contributed by atoms with Crippen LogP contribution < -0.4 is 5.32 Å². The topological polar surface area (TPSA) is 29.9 Å². The van der Waals surface area contributed by atoms with E-state index in [0.29, 0.717) is 5.92 Å². The summed E-state index contributed by atoms with van der Waals surface area (Å²) in [5, 5.41) is 9.34. The second-order valence-electron chi connectivity index (χ2n) is 5.23. The van der Waals surface area contributed by atoms with Crippen LogP contribution in [0.4, 0.5) is 0 Å². The maximum Gasteiger partial charge on any atom is 0.0847 e. The van der Waals surface area contributed by atoms with Crippen molar-refractivity contribution in [3.63, 3.8) is 0 Å². The lowest BCUT2D eigenvalue weighted by Gasteiger charge is -2.18. The van der Waals surface area contributed by atoms with Gasteiger partial charge in [0.1, 0.15) is 0 Å². The Morgan fingerprint density at radius 3 is 2.67 bits per heavy atom. The summed E-state index contributed by atoms with van der Waals surface area (Å²) < 4.78 is 1.88. The van der Waals surface area contributed by atoms with Gasteiger partial charge in [0.05, 0.1) is 16.4 Å². The lowest BCUT2D eigenvalue weighted by molar-refractivity contribution is 0.570. The van der Waals surface area contributed by atoms with Crippen molar-refractivity contribution in [1.29, 1.82) is 0 Å². The molecule has 0 amide bonds. The summed E-state index contributed by atoms with van der Waals surface area (Å²) >= 11 is 12.5. The van der Waals surface area contributed by atoms with Gasteiger partial charge in [0.25, 0.3) is 0 Å². The second kappa shape index (κ2) is 7.30. The van der Waals surface area contributed by atoms with Gasteiger partial charge in [0.2, 0.25) is 0 Å². The molecule has 1 atom stereocenters. The highest BCUT2D eigenvalue weighted by Crippen LogP contribution is 2.28. The molecule has 0 saturated heterocycles. The molecule has 0 saturated carbocycles. The summed E-state index contributed by atoms with van der Waals surface area (Å²) in [5.41, 5.74) is 3.16. The van der Waals surface area contributed by atoms with Crippen LogP contribution in [0.25, 0.3) is 0 Å². The van der Waals surface area contributed by atoms with E-state index < -0.39 is 0 Å². The van der Waals surface area contributed by atoms with Crippen LogP contribution in [-0.4, -0.2) is 22.9 Å². The van der Waals surface area contributed by atoms with Gasteiger partial charge in [-0.1, -0.05) is 42.3 Å². The molecule has 3 nitrogen and oxygen atoms in total. The highest BCUT2D eigenvalue weighted by molar-refractivity contribution is 6.32. The molecule has 1 aromatic heterocycles. The Morgan fingerprint density at radius 2 is 2.10 bits per heavy atom. The average molecular weight is 326 g/mol. The minimum Gasteiger partial charge on any atom is -0.316 e. The number of hydrogen-bond acceptors (Lipinski definition) is 2. The summed E-state index contributed by atoms with van der Waals surface area (Å²) in [5.74, 6) is 0.316. The first-order valence-corrected chi connectivity index (χ1v) is 7.92. The molecule has 2 aromatic rings. The van der Waals surface area contributed by atoms with E-state index >= 15 is 0 Å². The number of halogens is 2. The number of benzene rings is 1. The third kappa shape index (κ3) is 4.00. The van der Waals surface area contributed by atoms with Gasteiger partial charge in [-0.2, -0.15) is 5.10 Å². The van der Waals surface area contributed by atoms with E-state index in [-0.39, 0.29) is 0 Å². The zero-order valence-electron chi connectivity index (χ0n) is 12.7. The molecule has 1 N–H and O–H groups in total. The average Bonchev–Trinajstić information content (AvgIpc) is 2.69. The molecule has 5 heteroatoms. The maximum absolute atomic E-state index is 6.38. The molecule has 1 heterocycles. The number of hydrogen-bond donors (Lipinski definition) is 1. The molecular formula is C16H21Cl2N3. The van der Waals surface area contributed by atoms with Gasteiger partial charge < -0.3 is 5.32 Å². The number of aryl methyl sites for hydroxylation is 2. The van der Waals surface area contributed by atoms with Crippen LogP contribution in [0.1, 0.15) is 29.8 Å². The van der Waals surface area contributed by atoms with Crippen LogP contribution in [0.2, 0.25) is 10.0 Å². The Balaban J connectivity index is 2.28. The quantitative estimate of drug-likeness (QED) is 0.870. The van der Waals surface area contributed by atoms with Gasteiger partial charge in [0, 0.05) is 24.5 Å². The fraction of sp³-hybridized carbons (Fsp3) is 0.438. The molecule has 0 aliphatic rings. The highest BCUT2D eigenvalue weighted by Gasteiger charge is 2.18. The molecule has 0 aliphatic carbocycles. The van der Waals surface area contributed by atoms with E-state index in [9.17, 15) is 0 Å². The maximum atomic E-state index is 6.38.